The molecule has 1 N–H and O–H groups in total. The first-order valence-electron chi connectivity index (χ1n) is 9.16. The maximum atomic E-state index is 12.9. The molecular formula is C24H18BrN3O. The third kappa shape index (κ3) is 4.25. The van der Waals surface area contributed by atoms with Gasteiger partial charge < -0.3 is 0 Å². The second-order valence-corrected chi connectivity index (χ2v) is 7.50. The first-order chi connectivity index (χ1) is 14.1. The van der Waals surface area contributed by atoms with Crippen molar-refractivity contribution in [3.63, 3.8) is 0 Å². The summed E-state index contributed by atoms with van der Waals surface area (Å²) in [6.45, 7) is 2.02. The number of para-hydroxylation sites is 1. The molecule has 5 heteroatoms. The number of carbonyl (C=O) groups is 1. The number of halogens is 1. The summed E-state index contributed by atoms with van der Waals surface area (Å²) in [7, 11) is 0. The van der Waals surface area contributed by atoms with Gasteiger partial charge in [-0.3, -0.25) is 4.79 Å². The van der Waals surface area contributed by atoms with E-state index in [0.29, 0.717) is 5.56 Å². The summed E-state index contributed by atoms with van der Waals surface area (Å²) in [6.07, 6.45) is 1.63. The second-order valence-electron chi connectivity index (χ2n) is 6.65. The van der Waals surface area contributed by atoms with Crippen molar-refractivity contribution in [1.29, 1.82) is 0 Å². The Bertz CT molecular complexity index is 1220. The van der Waals surface area contributed by atoms with E-state index >= 15 is 0 Å². The predicted molar refractivity (Wildman–Crippen MR) is 121 cm³/mol. The molecule has 0 radical (unpaired) electrons. The molecule has 0 atom stereocenters. The van der Waals surface area contributed by atoms with Crippen LogP contribution in [0.5, 0.6) is 0 Å². The number of benzene rings is 3. The number of fused-ring (bicyclic) bond motifs is 1. The minimum Gasteiger partial charge on any atom is -0.267 e. The highest BCUT2D eigenvalue weighted by Gasteiger charge is 2.13. The minimum absolute atomic E-state index is 0.275. The van der Waals surface area contributed by atoms with Gasteiger partial charge in [-0.25, -0.2) is 10.4 Å². The summed E-state index contributed by atoms with van der Waals surface area (Å²) >= 11 is 3.50. The standard InChI is InChI=1S/C24H18BrN3O/c1-16-11-12-17(13-21(16)25)15-26-28-24(29)20-14-23(18-7-3-2-4-8-18)27-22-10-6-5-9-19(20)22/h2-15H,1H3,(H,28,29)/b26-15-. The largest absolute Gasteiger partial charge is 0.272 e. The lowest BCUT2D eigenvalue weighted by Crippen LogP contribution is -2.18. The topological polar surface area (TPSA) is 54.4 Å². The van der Waals surface area contributed by atoms with Gasteiger partial charge in [-0.15, -0.1) is 0 Å². The van der Waals surface area contributed by atoms with E-state index in [2.05, 4.69) is 26.5 Å². The van der Waals surface area contributed by atoms with Crippen LogP contribution in [-0.4, -0.2) is 17.1 Å². The molecule has 1 amide bonds. The summed E-state index contributed by atoms with van der Waals surface area (Å²) in [5, 5.41) is 4.92. The number of hydrogen-bond donors (Lipinski definition) is 1. The minimum atomic E-state index is -0.275. The van der Waals surface area contributed by atoms with Gasteiger partial charge in [0.05, 0.1) is 23.0 Å². The van der Waals surface area contributed by atoms with Crippen LogP contribution >= 0.6 is 15.9 Å². The zero-order chi connectivity index (χ0) is 20.2. The average Bonchev–Trinajstić information content (AvgIpc) is 2.76. The normalized spacial score (nSPS) is 11.1. The Morgan fingerprint density at radius 2 is 1.76 bits per heavy atom. The lowest BCUT2D eigenvalue weighted by molar-refractivity contribution is 0.0956. The fourth-order valence-electron chi connectivity index (χ4n) is 3.04. The number of hydrazone groups is 1. The van der Waals surface area contributed by atoms with Gasteiger partial charge in [-0.05, 0) is 36.2 Å². The smallest absolute Gasteiger partial charge is 0.267 e. The van der Waals surface area contributed by atoms with E-state index in [4.69, 9.17) is 4.98 Å². The van der Waals surface area contributed by atoms with Gasteiger partial charge in [0.2, 0.25) is 0 Å². The summed E-state index contributed by atoms with van der Waals surface area (Å²) < 4.78 is 1.00. The average molecular weight is 444 g/mol. The fourth-order valence-corrected chi connectivity index (χ4v) is 3.43. The van der Waals surface area contributed by atoms with E-state index in [1.54, 1.807) is 6.21 Å². The Morgan fingerprint density at radius 1 is 1.00 bits per heavy atom. The van der Waals surface area contributed by atoms with Crippen molar-refractivity contribution in [3.05, 3.63) is 100 Å². The van der Waals surface area contributed by atoms with E-state index in [1.165, 1.54) is 0 Å². The number of carbonyl (C=O) groups excluding carboxylic acids is 1. The van der Waals surface area contributed by atoms with Gasteiger partial charge in [-0.1, -0.05) is 76.6 Å². The quantitative estimate of drug-likeness (QED) is 0.323. The number of nitrogens with one attached hydrogen (secondary N) is 1. The zero-order valence-electron chi connectivity index (χ0n) is 15.8. The van der Waals surface area contributed by atoms with Crippen molar-refractivity contribution in [2.24, 2.45) is 5.10 Å². The van der Waals surface area contributed by atoms with Gasteiger partial charge in [0, 0.05) is 15.4 Å². The molecule has 0 bridgehead atoms. The number of nitrogens with zero attached hydrogens (tertiary/aromatic N) is 2. The van der Waals surface area contributed by atoms with Crippen LogP contribution in [0.25, 0.3) is 22.2 Å². The van der Waals surface area contributed by atoms with Crippen LogP contribution < -0.4 is 5.43 Å². The molecule has 3 aromatic carbocycles. The van der Waals surface area contributed by atoms with Crippen molar-refractivity contribution < 1.29 is 4.79 Å². The Labute approximate surface area is 177 Å². The van der Waals surface area contributed by atoms with E-state index in [1.807, 2.05) is 85.8 Å². The molecule has 0 aliphatic rings. The first-order valence-corrected chi connectivity index (χ1v) is 9.96. The lowest BCUT2D eigenvalue weighted by atomic mass is 10.0. The van der Waals surface area contributed by atoms with Gasteiger partial charge >= 0.3 is 0 Å². The third-order valence-corrected chi connectivity index (χ3v) is 5.46. The first kappa shape index (κ1) is 19.0. The van der Waals surface area contributed by atoms with Crippen molar-refractivity contribution in [1.82, 2.24) is 10.4 Å². The van der Waals surface area contributed by atoms with Crippen LogP contribution in [-0.2, 0) is 0 Å². The summed E-state index contributed by atoms with van der Waals surface area (Å²) in [6, 6.07) is 25.2. The van der Waals surface area contributed by atoms with Crippen LogP contribution in [0.4, 0.5) is 0 Å². The number of rotatable bonds is 4. The molecule has 0 aliphatic carbocycles. The van der Waals surface area contributed by atoms with E-state index in [0.717, 1.165) is 37.8 Å². The number of pyridine rings is 1. The van der Waals surface area contributed by atoms with Crippen molar-refractivity contribution in [2.45, 2.75) is 6.92 Å². The van der Waals surface area contributed by atoms with Crippen LogP contribution in [0.3, 0.4) is 0 Å². The molecule has 0 saturated heterocycles. The number of aromatic nitrogens is 1. The van der Waals surface area contributed by atoms with Crippen LogP contribution in [0.15, 0.2) is 88.4 Å². The Morgan fingerprint density at radius 3 is 2.55 bits per heavy atom. The van der Waals surface area contributed by atoms with Crippen molar-refractivity contribution in [2.75, 3.05) is 0 Å². The Kier molecular flexibility index (Phi) is 5.49. The number of hydrogen-bond acceptors (Lipinski definition) is 3. The molecule has 0 fully saturated rings. The fraction of sp³-hybridized carbons (Fsp3) is 0.0417. The molecule has 29 heavy (non-hydrogen) atoms. The Balaban J connectivity index is 1.66. The van der Waals surface area contributed by atoms with Gasteiger partial charge in [0.1, 0.15) is 0 Å². The van der Waals surface area contributed by atoms with Crippen LogP contribution in [0.1, 0.15) is 21.5 Å². The maximum absolute atomic E-state index is 12.9. The molecule has 4 aromatic rings. The molecule has 0 saturated carbocycles. The lowest BCUT2D eigenvalue weighted by Gasteiger charge is -2.09. The number of amides is 1. The summed E-state index contributed by atoms with van der Waals surface area (Å²) in [5.41, 5.74) is 7.69. The van der Waals surface area contributed by atoms with Crippen molar-refractivity contribution in [3.8, 4) is 11.3 Å². The molecule has 142 valence electrons. The zero-order valence-corrected chi connectivity index (χ0v) is 17.3. The van der Waals surface area contributed by atoms with E-state index < -0.39 is 0 Å². The molecule has 0 unspecified atom stereocenters. The summed E-state index contributed by atoms with van der Waals surface area (Å²) in [4.78, 5) is 17.6. The molecule has 4 nitrogen and oxygen atoms in total. The van der Waals surface area contributed by atoms with Crippen LogP contribution in [0, 0.1) is 6.92 Å². The van der Waals surface area contributed by atoms with Crippen LogP contribution in [0.2, 0.25) is 0 Å². The highest BCUT2D eigenvalue weighted by Crippen LogP contribution is 2.24. The van der Waals surface area contributed by atoms with Crippen molar-refractivity contribution >= 4 is 39.0 Å². The SMILES string of the molecule is Cc1ccc(/C=N\NC(=O)c2cc(-c3ccccc3)nc3ccccc23)cc1Br. The van der Waals surface area contributed by atoms with E-state index in [9.17, 15) is 4.79 Å². The predicted octanol–water partition coefficient (Wildman–Crippen LogP) is 5.74. The third-order valence-electron chi connectivity index (χ3n) is 4.61. The molecule has 1 heterocycles. The molecular weight excluding hydrogens is 426 g/mol. The monoisotopic (exact) mass is 443 g/mol. The van der Waals surface area contributed by atoms with Gasteiger partial charge in [0.15, 0.2) is 0 Å². The summed E-state index contributed by atoms with van der Waals surface area (Å²) in [5.74, 6) is -0.275. The molecule has 0 spiro atoms. The molecule has 4 rings (SSSR count). The van der Waals surface area contributed by atoms with Gasteiger partial charge in [-0.2, -0.15) is 5.10 Å². The van der Waals surface area contributed by atoms with Gasteiger partial charge in [0.25, 0.3) is 5.91 Å². The maximum Gasteiger partial charge on any atom is 0.272 e. The number of aryl methyl sites for hydroxylation is 1. The molecule has 1 aromatic heterocycles. The Hall–Kier alpha value is -3.31. The van der Waals surface area contributed by atoms with E-state index in [-0.39, 0.29) is 5.91 Å². The highest BCUT2D eigenvalue weighted by molar-refractivity contribution is 9.10. The highest BCUT2D eigenvalue weighted by atomic mass is 79.9. The molecule has 0 aliphatic heterocycles. The second kappa shape index (κ2) is 8.37.